The van der Waals surface area contributed by atoms with Crippen molar-refractivity contribution in [3.8, 4) is 5.75 Å². The van der Waals surface area contributed by atoms with Gasteiger partial charge in [-0.15, -0.1) is 0 Å². The Hall–Kier alpha value is -3.22. The van der Waals surface area contributed by atoms with Crippen molar-refractivity contribution in [2.45, 2.75) is 39.2 Å². The fraction of sp³-hybridized carbons (Fsp3) is 0.310. The van der Waals surface area contributed by atoms with Crippen LogP contribution in [0.4, 0.5) is 0 Å². The molecule has 1 heterocycles. The van der Waals surface area contributed by atoms with Crippen LogP contribution in [0.15, 0.2) is 90.0 Å². The molecule has 4 rings (SSSR count). The lowest BCUT2D eigenvalue weighted by Crippen LogP contribution is -2.66. The Kier molecular flexibility index (Phi) is 7.53. The van der Waals surface area contributed by atoms with Gasteiger partial charge >= 0.3 is 0 Å². The summed E-state index contributed by atoms with van der Waals surface area (Å²) in [5.41, 5.74) is 4.46. The Morgan fingerprint density at radius 1 is 0.886 bits per heavy atom. The molecule has 1 aliphatic heterocycles. The van der Waals surface area contributed by atoms with E-state index < -0.39 is 8.32 Å². The quantitative estimate of drug-likeness (QED) is 0.377. The van der Waals surface area contributed by atoms with E-state index in [-0.39, 0.29) is 16.9 Å². The van der Waals surface area contributed by atoms with Crippen LogP contribution in [0.25, 0.3) is 0 Å². The van der Waals surface area contributed by atoms with Crippen molar-refractivity contribution in [3.63, 3.8) is 0 Å². The van der Waals surface area contributed by atoms with Crippen LogP contribution in [0, 0.1) is 5.92 Å². The largest absolute Gasteiger partial charge is 0.491 e. The van der Waals surface area contributed by atoms with Crippen LogP contribution in [0.3, 0.4) is 0 Å². The van der Waals surface area contributed by atoms with E-state index >= 15 is 0 Å². The fourth-order valence-electron chi connectivity index (χ4n) is 4.84. The number of carbonyl (C=O) groups is 1. The predicted molar refractivity (Wildman–Crippen MR) is 144 cm³/mol. The highest BCUT2D eigenvalue weighted by atomic mass is 28.4. The second-order valence-corrected chi connectivity index (χ2v) is 14.3. The van der Waals surface area contributed by atoms with E-state index in [4.69, 9.17) is 9.16 Å². The van der Waals surface area contributed by atoms with Gasteiger partial charge in [0.05, 0.1) is 12.3 Å². The van der Waals surface area contributed by atoms with Gasteiger partial charge in [-0.3, -0.25) is 4.79 Å². The zero-order chi connectivity index (χ0) is 24.9. The van der Waals surface area contributed by atoms with Crippen LogP contribution in [0.1, 0.15) is 39.7 Å². The summed E-state index contributed by atoms with van der Waals surface area (Å²) in [5.74, 6) is 0.838. The number of benzene rings is 3. The summed E-state index contributed by atoms with van der Waals surface area (Å²) in [6, 6.07) is 29.1. The first kappa shape index (κ1) is 24.9. The standard InChI is InChI=1S/C29H34N2O3Si/c1-22-21-27(32)30-31-28(22)23-15-17-24(18-16-23)33-19-20-34-35(29(2,3)4,25-11-7-5-8-12-25)26-13-9-6-10-14-26/h5-18,22H,19-21H2,1-4H3,(H,30,32). The van der Waals surface area contributed by atoms with Crippen LogP contribution < -0.4 is 20.5 Å². The van der Waals surface area contributed by atoms with Crippen molar-refractivity contribution in [2.24, 2.45) is 11.0 Å². The Balaban J connectivity index is 1.47. The maximum atomic E-state index is 11.5. The summed E-state index contributed by atoms with van der Waals surface area (Å²) in [7, 11) is -2.56. The lowest BCUT2D eigenvalue weighted by molar-refractivity contribution is -0.121. The molecule has 0 fully saturated rings. The van der Waals surface area contributed by atoms with Crippen LogP contribution in [-0.2, 0) is 9.22 Å². The summed E-state index contributed by atoms with van der Waals surface area (Å²) >= 11 is 0. The normalized spacial score (nSPS) is 16.4. The average molecular weight is 487 g/mol. The average Bonchev–Trinajstić information content (AvgIpc) is 2.85. The summed E-state index contributed by atoms with van der Waals surface area (Å²) in [5, 5.41) is 6.69. The molecule has 35 heavy (non-hydrogen) atoms. The van der Waals surface area contributed by atoms with Gasteiger partial charge in [-0.05, 0) is 45.2 Å². The van der Waals surface area contributed by atoms with E-state index in [0.29, 0.717) is 19.6 Å². The van der Waals surface area contributed by atoms with Crippen molar-refractivity contribution >= 4 is 30.3 Å². The summed E-state index contributed by atoms with van der Waals surface area (Å²) < 4.78 is 12.9. The molecule has 0 aromatic heterocycles. The topological polar surface area (TPSA) is 59.9 Å². The minimum absolute atomic E-state index is 0.0397. The first-order chi connectivity index (χ1) is 16.8. The maximum absolute atomic E-state index is 11.5. The van der Waals surface area contributed by atoms with Crippen LogP contribution >= 0.6 is 0 Å². The number of amides is 1. The highest BCUT2D eigenvalue weighted by molar-refractivity contribution is 6.99. The van der Waals surface area contributed by atoms with Crippen molar-refractivity contribution in [2.75, 3.05) is 13.2 Å². The number of hydrazone groups is 1. The van der Waals surface area contributed by atoms with Crippen LogP contribution in [-0.4, -0.2) is 33.2 Å². The van der Waals surface area contributed by atoms with Crippen molar-refractivity contribution in [1.82, 2.24) is 5.43 Å². The van der Waals surface area contributed by atoms with Gasteiger partial charge in [0.15, 0.2) is 0 Å². The summed E-state index contributed by atoms with van der Waals surface area (Å²) in [4.78, 5) is 11.5. The minimum atomic E-state index is -2.56. The Morgan fingerprint density at radius 3 is 1.97 bits per heavy atom. The molecular weight excluding hydrogens is 452 g/mol. The van der Waals surface area contributed by atoms with Crippen molar-refractivity contribution in [1.29, 1.82) is 0 Å². The van der Waals surface area contributed by atoms with Gasteiger partial charge in [-0.25, -0.2) is 5.43 Å². The smallest absolute Gasteiger partial charge is 0.261 e. The van der Waals surface area contributed by atoms with Crippen molar-refractivity contribution in [3.05, 3.63) is 90.5 Å². The zero-order valence-electron chi connectivity index (χ0n) is 21.0. The molecule has 1 atom stereocenters. The van der Waals surface area contributed by atoms with E-state index in [2.05, 4.69) is 92.0 Å². The number of carbonyl (C=O) groups excluding carboxylic acids is 1. The molecule has 0 saturated heterocycles. The summed E-state index contributed by atoms with van der Waals surface area (Å²) in [6.45, 7) is 9.79. The number of nitrogens with zero attached hydrogens (tertiary/aromatic N) is 1. The van der Waals surface area contributed by atoms with Gasteiger partial charge in [-0.1, -0.05) is 88.4 Å². The van der Waals surface area contributed by atoms with E-state index in [1.54, 1.807) is 0 Å². The molecule has 6 heteroatoms. The van der Waals surface area contributed by atoms with Crippen molar-refractivity contribution < 1.29 is 14.0 Å². The maximum Gasteiger partial charge on any atom is 0.261 e. The number of hydrogen-bond acceptors (Lipinski definition) is 4. The van der Waals surface area contributed by atoms with Gasteiger partial charge in [0.1, 0.15) is 12.4 Å². The highest BCUT2D eigenvalue weighted by Gasteiger charge is 2.50. The predicted octanol–water partition coefficient (Wildman–Crippen LogP) is 4.50. The van der Waals surface area contributed by atoms with E-state index in [0.717, 1.165) is 17.0 Å². The lowest BCUT2D eigenvalue weighted by Gasteiger charge is -2.43. The first-order valence-electron chi connectivity index (χ1n) is 12.2. The van der Waals surface area contributed by atoms with E-state index in [9.17, 15) is 4.79 Å². The molecule has 1 amide bonds. The van der Waals surface area contributed by atoms with Gasteiger partial charge in [0.25, 0.3) is 8.32 Å². The molecule has 1 aliphatic rings. The van der Waals surface area contributed by atoms with E-state index in [1.165, 1.54) is 10.4 Å². The number of hydrogen-bond donors (Lipinski definition) is 1. The highest BCUT2D eigenvalue weighted by Crippen LogP contribution is 2.36. The molecule has 3 aromatic carbocycles. The summed E-state index contributed by atoms with van der Waals surface area (Å²) in [6.07, 6.45) is 0.455. The minimum Gasteiger partial charge on any atom is -0.491 e. The molecule has 1 unspecified atom stereocenters. The van der Waals surface area contributed by atoms with Gasteiger partial charge in [0, 0.05) is 12.3 Å². The SMILES string of the molecule is CC1CC(=O)NN=C1c1ccc(OCCO[Si](c2ccccc2)(c2ccccc2)C(C)(C)C)cc1. The first-order valence-corrected chi connectivity index (χ1v) is 14.1. The fourth-order valence-corrected chi connectivity index (χ4v) is 9.39. The lowest BCUT2D eigenvalue weighted by atomic mass is 9.94. The van der Waals surface area contributed by atoms with Gasteiger partial charge in [-0.2, -0.15) is 5.10 Å². The third kappa shape index (κ3) is 5.39. The third-order valence-electron chi connectivity index (χ3n) is 6.50. The number of ether oxygens (including phenoxy) is 1. The molecule has 1 N–H and O–H groups in total. The number of rotatable bonds is 8. The van der Waals surface area contributed by atoms with Gasteiger partial charge in [0.2, 0.25) is 5.91 Å². The van der Waals surface area contributed by atoms with E-state index in [1.807, 2.05) is 31.2 Å². The van der Waals surface area contributed by atoms with Gasteiger partial charge < -0.3 is 9.16 Å². The second-order valence-electron chi connectivity index (χ2n) is 10.0. The Labute approximate surface area is 209 Å². The molecule has 3 aromatic rings. The third-order valence-corrected chi connectivity index (χ3v) is 11.5. The second kappa shape index (κ2) is 10.6. The molecule has 0 bridgehead atoms. The molecule has 0 spiro atoms. The molecule has 182 valence electrons. The van der Waals surface area contributed by atoms with Crippen LogP contribution in [0.5, 0.6) is 5.75 Å². The van der Waals surface area contributed by atoms with Crippen LogP contribution in [0.2, 0.25) is 5.04 Å². The zero-order valence-corrected chi connectivity index (χ0v) is 22.0. The Bertz CT molecular complexity index is 1120. The Morgan fingerprint density at radius 2 is 1.46 bits per heavy atom. The molecular formula is C29H34N2O3Si. The monoisotopic (exact) mass is 486 g/mol. The molecule has 5 nitrogen and oxygen atoms in total. The molecule has 0 saturated carbocycles. The molecule has 0 radical (unpaired) electrons. The molecule has 0 aliphatic carbocycles. The number of nitrogens with one attached hydrogen (secondary N) is 1.